The molecule has 1 aromatic carbocycles. The van der Waals surface area contributed by atoms with Crippen molar-refractivity contribution in [3.8, 4) is 0 Å². The lowest BCUT2D eigenvalue weighted by atomic mass is 9.97. The van der Waals surface area contributed by atoms with Crippen molar-refractivity contribution in [3.63, 3.8) is 0 Å². The Hall–Kier alpha value is -0.240. The van der Waals surface area contributed by atoms with E-state index in [2.05, 4.69) is 0 Å². The second-order valence-electron chi connectivity index (χ2n) is 3.66. The fraction of sp³-hybridized carbons (Fsp3) is 0.455. The van der Waals surface area contributed by atoms with Crippen LogP contribution in [0, 0.1) is 5.92 Å². The van der Waals surface area contributed by atoms with E-state index in [4.69, 9.17) is 23.2 Å². The molecule has 1 nitrogen and oxygen atoms in total. The smallest absolute Gasteiger partial charge is 0.0540 e. The first kappa shape index (κ1) is 11.8. The van der Waals surface area contributed by atoms with E-state index in [1.54, 1.807) is 19.1 Å². The van der Waals surface area contributed by atoms with Crippen LogP contribution in [0.2, 0.25) is 10.0 Å². The third kappa shape index (κ3) is 3.16. The number of hydrogen-bond acceptors (Lipinski definition) is 1. The molecule has 0 aliphatic carbocycles. The number of aliphatic hydroxyl groups excluding tert-OH is 1. The van der Waals surface area contributed by atoms with Gasteiger partial charge in [-0.2, -0.15) is 0 Å². The highest BCUT2D eigenvalue weighted by Crippen LogP contribution is 2.24. The molecular formula is C11H14Cl2O. The van der Waals surface area contributed by atoms with Gasteiger partial charge >= 0.3 is 0 Å². The monoisotopic (exact) mass is 232 g/mol. The predicted octanol–water partition coefficient (Wildman–Crippen LogP) is 3.55. The molecule has 1 aromatic rings. The molecule has 0 saturated carbocycles. The van der Waals surface area contributed by atoms with Crippen LogP contribution in [0.1, 0.15) is 19.4 Å². The maximum atomic E-state index is 9.37. The zero-order valence-electron chi connectivity index (χ0n) is 8.30. The van der Waals surface area contributed by atoms with Crippen LogP contribution in [0.25, 0.3) is 0 Å². The normalized spacial score (nSPS) is 15.2. The van der Waals surface area contributed by atoms with Gasteiger partial charge in [0.15, 0.2) is 0 Å². The molecule has 1 rings (SSSR count). The van der Waals surface area contributed by atoms with Crippen molar-refractivity contribution in [1.82, 2.24) is 0 Å². The van der Waals surface area contributed by atoms with Crippen LogP contribution in [0.4, 0.5) is 0 Å². The SMILES string of the molecule is CC(O)C(C)Cc1cc(Cl)ccc1Cl. The topological polar surface area (TPSA) is 20.2 Å². The van der Waals surface area contributed by atoms with Crippen molar-refractivity contribution in [1.29, 1.82) is 0 Å². The Labute approximate surface area is 94.7 Å². The first-order valence-corrected chi connectivity index (χ1v) is 5.38. The first-order valence-electron chi connectivity index (χ1n) is 4.62. The lowest BCUT2D eigenvalue weighted by Gasteiger charge is -2.15. The van der Waals surface area contributed by atoms with Crippen LogP contribution in [0.15, 0.2) is 18.2 Å². The summed E-state index contributed by atoms with van der Waals surface area (Å²) in [5.41, 5.74) is 0.993. The number of halogens is 2. The molecule has 0 aromatic heterocycles. The Morgan fingerprint density at radius 2 is 1.93 bits per heavy atom. The van der Waals surface area contributed by atoms with Gasteiger partial charge in [0.1, 0.15) is 0 Å². The zero-order valence-corrected chi connectivity index (χ0v) is 9.81. The Balaban J connectivity index is 2.80. The van der Waals surface area contributed by atoms with Crippen LogP contribution >= 0.6 is 23.2 Å². The Morgan fingerprint density at radius 3 is 2.50 bits per heavy atom. The minimum Gasteiger partial charge on any atom is -0.393 e. The molecule has 0 saturated heterocycles. The summed E-state index contributed by atoms with van der Waals surface area (Å²) in [6, 6.07) is 5.40. The largest absolute Gasteiger partial charge is 0.393 e. The molecule has 0 fully saturated rings. The Morgan fingerprint density at radius 1 is 1.29 bits per heavy atom. The van der Waals surface area contributed by atoms with Gasteiger partial charge in [0.25, 0.3) is 0 Å². The van der Waals surface area contributed by atoms with E-state index in [9.17, 15) is 5.11 Å². The van der Waals surface area contributed by atoms with E-state index in [0.29, 0.717) is 10.0 Å². The fourth-order valence-corrected chi connectivity index (χ4v) is 1.61. The summed E-state index contributed by atoms with van der Waals surface area (Å²) in [6.07, 6.45) is 0.418. The maximum absolute atomic E-state index is 9.37. The molecule has 2 unspecified atom stereocenters. The molecule has 0 bridgehead atoms. The van der Waals surface area contributed by atoms with Crippen LogP contribution in [-0.2, 0) is 6.42 Å². The Bertz CT molecular complexity index is 310. The average molecular weight is 233 g/mol. The van der Waals surface area contributed by atoms with E-state index < -0.39 is 0 Å². The van der Waals surface area contributed by atoms with Gasteiger partial charge < -0.3 is 5.11 Å². The third-order valence-corrected chi connectivity index (χ3v) is 2.98. The molecule has 0 aliphatic rings. The molecule has 2 atom stereocenters. The number of rotatable bonds is 3. The van der Waals surface area contributed by atoms with Crippen molar-refractivity contribution < 1.29 is 5.11 Å². The van der Waals surface area contributed by atoms with E-state index in [0.717, 1.165) is 12.0 Å². The molecule has 0 spiro atoms. The summed E-state index contributed by atoms with van der Waals surface area (Å²) >= 11 is 11.9. The van der Waals surface area contributed by atoms with Crippen LogP contribution in [0.5, 0.6) is 0 Å². The Kier molecular flexibility index (Phi) is 4.24. The maximum Gasteiger partial charge on any atom is 0.0540 e. The summed E-state index contributed by atoms with van der Waals surface area (Å²) in [7, 11) is 0. The van der Waals surface area contributed by atoms with Gasteiger partial charge in [0.05, 0.1) is 6.10 Å². The van der Waals surface area contributed by atoms with E-state index in [-0.39, 0.29) is 12.0 Å². The average Bonchev–Trinajstić information content (AvgIpc) is 2.11. The molecule has 0 amide bonds. The molecule has 3 heteroatoms. The molecular weight excluding hydrogens is 219 g/mol. The molecule has 0 heterocycles. The van der Waals surface area contributed by atoms with E-state index in [1.165, 1.54) is 0 Å². The van der Waals surface area contributed by atoms with E-state index in [1.807, 2.05) is 13.0 Å². The van der Waals surface area contributed by atoms with Gasteiger partial charge in [0, 0.05) is 10.0 Å². The second-order valence-corrected chi connectivity index (χ2v) is 4.50. The summed E-state index contributed by atoms with van der Waals surface area (Å²) in [6.45, 7) is 3.77. The van der Waals surface area contributed by atoms with Crippen LogP contribution in [-0.4, -0.2) is 11.2 Å². The van der Waals surface area contributed by atoms with Crippen molar-refractivity contribution in [3.05, 3.63) is 33.8 Å². The highest BCUT2D eigenvalue weighted by Gasteiger charge is 2.11. The minimum atomic E-state index is -0.329. The van der Waals surface area contributed by atoms with Crippen molar-refractivity contribution >= 4 is 23.2 Å². The predicted molar refractivity (Wildman–Crippen MR) is 61.0 cm³/mol. The minimum absolute atomic E-state index is 0.186. The molecule has 0 aliphatic heterocycles. The first-order chi connectivity index (χ1) is 6.50. The summed E-state index contributed by atoms with van der Waals surface area (Å²) < 4.78 is 0. The fourth-order valence-electron chi connectivity index (χ4n) is 1.22. The third-order valence-electron chi connectivity index (χ3n) is 2.37. The van der Waals surface area contributed by atoms with Crippen molar-refractivity contribution in [2.75, 3.05) is 0 Å². The highest BCUT2D eigenvalue weighted by atomic mass is 35.5. The van der Waals surface area contributed by atoms with Gasteiger partial charge in [0.2, 0.25) is 0 Å². The van der Waals surface area contributed by atoms with Crippen LogP contribution < -0.4 is 0 Å². The second kappa shape index (κ2) is 5.01. The molecule has 14 heavy (non-hydrogen) atoms. The zero-order chi connectivity index (χ0) is 10.7. The lowest BCUT2D eigenvalue weighted by Crippen LogP contribution is -2.15. The van der Waals surface area contributed by atoms with Crippen molar-refractivity contribution in [2.24, 2.45) is 5.92 Å². The molecule has 1 N–H and O–H groups in total. The number of hydrogen-bond donors (Lipinski definition) is 1. The highest BCUT2D eigenvalue weighted by molar-refractivity contribution is 6.33. The lowest BCUT2D eigenvalue weighted by molar-refractivity contribution is 0.135. The molecule has 78 valence electrons. The van der Waals surface area contributed by atoms with Gasteiger partial charge in [-0.3, -0.25) is 0 Å². The van der Waals surface area contributed by atoms with Gasteiger partial charge in [-0.05, 0) is 43.0 Å². The van der Waals surface area contributed by atoms with Crippen molar-refractivity contribution in [2.45, 2.75) is 26.4 Å². The van der Waals surface area contributed by atoms with Gasteiger partial charge in [-0.1, -0.05) is 30.1 Å². The number of benzene rings is 1. The van der Waals surface area contributed by atoms with Gasteiger partial charge in [-0.25, -0.2) is 0 Å². The summed E-state index contributed by atoms with van der Waals surface area (Å²) in [5, 5.41) is 10.8. The summed E-state index contributed by atoms with van der Waals surface area (Å²) in [5.74, 6) is 0.186. The van der Waals surface area contributed by atoms with E-state index >= 15 is 0 Å². The van der Waals surface area contributed by atoms with Crippen LogP contribution in [0.3, 0.4) is 0 Å². The quantitative estimate of drug-likeness (QED) is 0.846. The number of aliphatic hydroxyl groups is 1. The van der Waals surface area contributed by atoms with Gasteiger partial charge in [-0.15, -0.1) is 0 Å². The molecule has 0 radical (unpaired) electrons. The standard InChI is InChI=1S/C11H14Cl2O/c1-7(8(2)14)5-9-6-10(12)3-4-11(9)13/h3-4,6-8,14H,5H2,1-2H3. The summed E-state index contributed by atoms with van der Waals surface area (Å²) in [4.78, 5) is 0.